The molecule has 1 aliphatic rings. The second-order valence-corrected chi connectivity index (χ2v) is 4.89. The number of rotatable bonds is 2. The molecule has 1 fully saturated rings. The molecule has 1 aromatic carbocycles. The van der Waals surface area contributed by atoms with E-state index >= 15 is 0 Å². The highest BCUT2D eigenvalue weighted by Gasteiger charge is 2.30. The highest BCUT2D eigenvalue weighted by molar-refractivity contribution is 6.00. The summed E-state index contributed by atoms with van der Waals surface area (Å²) in [7, 11) is 0. The van der Waals surface area contributed by atoms with Crippen LogP contribution in [0.25, 0.3) is 10.9 Å². The molecule has 0 aliphatic carbocycles. The molecule has 1 saturated heterocycles. The summed E-state index contributed by atoms with van der Waals surface area (Å²) >= 11 is 0. The quantitative estimate of drug-likeness (QED) is 0.656. The molecule has 20 heavy (non-hydrogen) atoms. The van der Waals surface area contributed by atoms with Gasteiger partial charge in [0, 0.05) is 17.4 Å². The summed E-state index contributed by atoms with van der Waals surface area (Å²) in [6.07, 6.45) is 1.53. The second-order valence-electron chi connectivity index (χ2n) is 4.89. The van der Waals surface area contributed by atoms with Crippen LogP contribution in [0.1, 0.15) is 34.9 Å². The molecule has 6 heteroatoms. The summed E-state index contributed by atoms with van der Waals surface area (Å²) in [5.41, 5.74) is 2.12. The number of amides is 2. The van der Waals surface area contributed by atoms with Crippen LogP contribution in [0, 0.1) is 6.92 Å². The standard InChI is InChI=1S/C14H13N3O3/c1-8-10-6-9(7-18)2-3-11(10)17(16-8)12-4-5-13(19)15-14(12)20/h2-3,6-7,12H,4-5H2,1H3,(H,15,19,20). The van der Waals surface area contributed by atoms with Crippen molar-refractivity contribution in [2.24, 2.45) is 0 Å². The first-order chi connectivity index (χ1) is 9.60. The number of benzene rings is 1. The maximum atomic E-state index is 11.9. The third-order valence-electron chi connectivity index (χ3n) is 3.56. The van der Waals surface area contributed by atoms with Crippen molar-refractivity contribution in [1.29, 1.82) is 0 Å². The number of hydrogen-bond donors (Lipinski definition) is 1. The third-order valence-corrected chi connectivity index (χ3v) is 3.56. The van der Waals surface area contributed by atoms with E-state index in [1.54, 1.807) is 22.9 Å². The Hall–Kier alpha value is -2.50. The number of nitrogens with one attached hydrogen (secondary N) is 1. The molecule has 2 heterocycles. The molecule has 1 N–H and O–H groups in total. The summed E-state index contributed by atoms with van der Waals surface area (Å²) in [4.78, 5) is 34.0. The Morgan fingerprint density at radius 3 is 2.90 bits per heavy atom. The number of carbonyl (C=O) groups excluding carboxylic acids is 3. The highest BCUT2D eigenvalue weighted by atomic mass is 16.2. The van der Waals surface area contributed by atoms with Crippen molar-refractivity contribution in [3.05, 3.63) is 29.5 Å². The molecule has 2 amide bonds. The minimum atomic E-state index is -0.481. The lowest BCUT2D eigenvalue weighted by molar-refractivity contribution is -0.135. The maximum Gasteiger partial charge on any atom is 0.251 e. The van der Waals surface area contributed by atoms with Gasteiger partial charge in [-0.25, -0.2) is 0 Å². The molecule has 102 valence electrons. The zero-order valence-corrected chi connectivity index (χ0v) is 10.9. The monoisotopic (exact) mass is 271 g/mol. The molecule has 1 aromatic heterocycles. The highest BCUT2D eigenvalue weighted by Crippen LogP contribution is 2.26. The van der Waals surface area contributed by atoms with E-state index in [0.29, 0.717) is 18.4 Å². The van der Waals surface area contributed by atoms with Crippen LogP contribution in [0.5, 0.6) is 0 Å². The zero-order valence-electron chi connectivity index (χ0n) is 10.9. The van der Waals surface area contributed by atoms with Crippen LogP contribution in [0.2, 0.25) is 0 Å². The minimum absolute atomic E-state index is 0.248. The van der Waals surface area contributed by atoms with E-state index < -0.39 is 6.04 Å². The van der Waals surface area contributed by atoms with Crippen molar-refractivity contribution in [2.45, 2.75) is 25.8 Å². The largest absolute Gasteiger partial charge is 0.298 e. The summed E-state index contributed by atoms with van der Waals surface area (Å²) in [5.74, 6) is -0.576. The van der Waals surface area contributed by atoms with Gasteiger partial charge in [0.25, 0.3) is 5.91 Å². The summed E-state index contributed by atoms with van der Waals surface area (Å²) < 4.78 is 1.64. The van der Waals surface area contributed by atoms with Gasteiger partial charge in [-0.05, 0) is 31.5 Å². The van der Waals surface area contributed by atoms with Crippen LogP contribution in [0.4, 0.5) is 0 Å². The van der Waals surface area contributed by atoms with E-state index in [1.165, 1.54) is 0 Å². The first kappa shape index (κ1) is 12.5. The normalized spacial score (nSPS) is 19.1. The molecular weight excluding hydrogens is 258 g/mol. The number of aldehydes is 1. The van der Waals surface area contributed by atoms with Gasteiger partial charge in [0.1, 0.15) is 12.3 Å². The van der Waals surface area contributed by atoms with Gasteiger partial charge in [-0.2, -0.15) is 5.10 Å². The number of aryl methyl sites for hydroxylation is 1. The van der Waals surface area contributed by atoms with E-state index in [4.69, 9.17) is 0 Å². The Bertz CT molecular complexity index is 733. The van der Waals surface area contributed by atoms with E-state index in [1.807, 2.05) is 6.92 Å². The van der Waals surface area contributed by atoms with Crippen molar-refractivity contribution in [3.63, 3.8) is 0 Å². The van der Waals surface area contributed by atoms with Gasteiger partial charge < -0.3 is 0 Å². The topological polar surface area (TPSA) is 81.1 Å². The van der Waals surface area contributed by atoms with Gasteiger partial charge >= 0.3 is 0 Å². The molecule has 0 bridgehead atoms. The van der Waals surface area contributed by atoms with Crippen molar-refractivity contribution in [2.75, 3.05) is 0 Å². The Kier molecular flexibility index (Phi) is 2.85. The molecule has 0 spiro atoms. The van der Waals surface area contributed by atoms with Crippen LogP contribution in [0.15, 0.2) is 18.2 Å². The number of nitrogens with zero attached hydrogens (tertiary/aromatic N) is 2. The molecule has 2 aromatic rings. The van der Waals surface area contributed by atoms with E-state index in [9.17, 15) is 14.4 Å². The number of aromatic nitrogens is 2. The fourth-order valence-electron chi connectivity index (χ4n) is 2.54. The predicted octanol–water partition coefficient (Wildman–Crippen LogP) is 1.13. The van der Waals surface area contributed by atoms with Gasteiger partial charge in [0.05, 0.1) is 11.2 Å². The first-order valence-electron chi connectivity index (χ1n) is 6.38. The Morgan fingerprint density at radius 2 is 2.20 bits per heavy atom. The molecule has 3 rings (SSSR count). The van der Waals surface area contributed by atoms with Gasteiger partial charge in [-0.3, -0.25) is 24.4 Å². The summed E-state index contributed by atoms with van der Waals surface area (Å²) in [5, 5.41) is 7.57. The Labute approximate surface area is 114 Å². The van der Waals surface area contributed by atoms with Gasteiger partial charge in [0.15, 0.2) is 0 Å². The fraction of sp³-hybridized carbons (Fsp3) is 0.286. The van der Waals surface area contributed by atoms with Crippen LogP contribution >= 0.6 is 0 Å². The van der Waals surface area contributed by atoms with Crippen LogP contribution < -0.4 is 5.32 Å². The van der Waals surface area contributed by atoms with Crippen LogP contribution in [-0.4, -0.2) is 27.9 Å². The van der Waals surface area contributed by atoms with E-state index in [0.717, 1.165) is 22.9 Å². The number of piperidine rings is 1. The molecule has 0 radical (unpaired) electrons. The lowest BCUT2D eigenvalue weighted by Gasteiger charge is -2.21. The lowest BCUT2D eigenvalue weighted by atomic mass is 10.1. The molecule has 1 unspecified atom stereocenters. The predicted molar refractivity (Wildman–Crippen MR) is 71.3 cm³/mol. The summed E-state index contributed by atoms with van der Waals surface area (Å²) in [6, 6.07) is 4.75. The van der Waals surface area contributed by atoms with Gasteiger partial charge in [-0.15, -0.1) is 0 Å². The molecule has 1 aliphatic heterocycles. The van der Waals surface area contributed by atoms with Gasteiger partial charge in [-0.1, -0.05) is 0 Å². The van der Waals surface area contributed by atoms with E-state index in [-0.39, 0.29) is 11.8 Å². The first-order valence-corrected chi connectivity index (χ1v) is 6.38. The van der Waals surface area contributed by atoms with Crippen LogP contribution in [0.3, 0.4) is 0 Å². The number of carbonyl (C=O) groups is 3. The Morgan fingerprint density at radius 1 is 1.40 bits per heavy atom. The minimum Gasteiger partial charge on any atom is -0.298 e. The number of hydrogen-bond acceptors (Lipinski definition) is 4. The van der Waals surface area contributed by atoms with Crippen molar-refractivity contribution >= 4 is 29.0 Å². The average molecular weight is 271 g/mol. The number of fused-ring (bicyclic) bond motifs is 1. The Balaban J connectivity index is 2.10. The molecule has 6 nitrogen and oxygen atoms in total. The summed E-state index contributed by atoms with van der Waals surface area (Å²) in [6.45, 7) is 1.83. The molecular formula is C14H13N3O3. The molecule has 1 atom stereocenters. The third kappa shape index (κ3) is 1.89. The fourth-order valence-corrected chi connectivity index (χ4v) is 2.54. The molecule has 0 saturated carbocycles. The van der Waals surface area contributed by atoms with Gasteiger partial charge in [0.2, 0.25) is 5.91 Å². The van der Waals surface area contributed by atoms with Crippen molar-refractivity contribution in [3.8, 4) is 0 Å². The van der Waals surface area contributed by atoms with Crippen molar-refractivity contribution in [1.82, 2.24) is 15.1 Å². The zero-order chi connectivity index (χ0) is 14.3. The maximum absolute atomic E-state index is 11.9. The van der Waals surface area contributed by atoms with E-state index in [2.05, 4.69) is 10.4 Å². The second kappa shape index (κ2) is 4.56. The van der Waals surface area contributed by atoms with Crippen molar-refractivity contribution < 1.29 is 14.4 Å². The average Bonchev–Trinajstić information content (AvgIpc) is 2.75. The van der Waals surface area contributed by atoms with Crippen LogP contribution in [-0.2, 0) is 9.59 Å². The lowest BCUT2D eigenvalue weighted by Crippen LogP contribution is -2.42. The SMILES string of the molecule is Cc1nn(C2CCC(=O)NC2=O)c2ccc(C=O)cc12. The smallest absolute Gasteiger partial charge is 0.251 e. The number of imide groups is 1.